The molecule has 2 heterocycles. The van der Waals surface area contributed by atoms with Gasteiger partial charge in [-0.2, -0.15) is 0 Å². The number of aromatic nitrogens is 3. The number of aryl methyl sites for hydroxylation is 1. The summed E-state index contributed by atoms with van der Waals surface area (Å²) in [6, 6.07) is 10.2. The Balaban J connectivity index is 1.74. The maximum Gasteiger partial charge on any atom is 0.271 e. The third-order valence-corrected chi connectivity index (χ3v) is 3.10. The number of nitrogens with zero attached hydrogens (tertiary/aromatic N) is 3. The molecule has 0 fully saturated rings. The molecule has 2 aromatic heterocycles. The molecule has 22 heavy (non-hydrogen) atoms. The first-order chi connectivity index (χ1) is 10.6. The van der Waals surface area contributed by atoms with Gasteiger partial charge in [-0.1, -0.05) is 12.1 Å². The molecule has 0 unspecified atom stereocenters. The lowest BCUT2D eigenvalue weighted by molar-refractivity contribution is 0.0961. The molecule has 0 saturated carbocycles. The first-order valence-corrected chi connectivity index (χ1v) is 6.58. The molecule has 0 saturated heterocycles. The summed E-state index contributed by atoms with van der Waals surface area (Å²) in [5.41, 5.74) is 6.92. The van der Waals surface area contributed by atoms with E-state index in [9.17, 15) is 9.59 Å². The summed E-state index contributed by atoms with van der Waals surface area (Å²) >= 11 is 0. The molecule has 0 bridgehead atoms. The Kier molecular flexibility index (Phi) is 3.53. The summed E-state index contributed by atoms with van der Waals surface area (Å²) in [4.78, 5) is 31.9. The van der Waals surface area contributed by atoms with Crippen LogP contribution in [0.15, 0.2) is 53.6 Å². The van der Waals surface area contributed by atoms with Crippen molar-refractivity contribution in [2.45, 2.75) is 0 Å². The predicted molar refractivity (Wildman–Crippen MR) is 82.3 cm³/mol. The fourth-order valence-corrected chi connectivity index (χ4v) is 1.94. The van der Waals surface area contributed by atoms with Gasteiger partial charge in [-0.15, -0.1) is 0 Å². The Hall–Kier alpha value is -3.22. The topological polar surface area (TPSA) is 88.9 Å². The fourth-order valence-electron chi connectivity index (χ4n) is 1.94. The van der Waals surface area contributed by atoms with E-state index in [-0.39, 0.29) is 11.5 Å². The molecule has 1 amide bonds. The van der Waals surface area contributed by atoms with Crippen molar-refractivity contribution in [2.24, 2.45) is 7.05 Å². The number of hydrazine groups is 1. The van der Waals surface area contributed by atoms with Crippen LogP contribution in [0.4, 0.5) is 5.82 Å². The molecule has 1 aromatic carbocycles. The molecule has 110 valence electrons. The van der Waals surface area contributed by atoms with Crippen LogP contribution in [0.5, 0.6) is 0 Å². The number of nitrogens with one attached hydrogen (secondary N) is 2. The zero-order valence-electron chi connectivity index (χ0n) is 11.8. The van der Waals surface area contributed by atoms with E-state index in [1.54, 1.807) is 7.05 Å². The molecule has 0 spiro atoms. The van der Waals surface area contributed by atoms with Crippen molar-refractivity contribution in [1.82, 2.24) is 20.0 Å². The number of carbonyl (C=O) groups is 1. The van der Waals surface area contributed by atoms with Crippen LogP contribution in [-0.4, -0.2) is 20.4 Å². The van der Waals surface area contributed by atoms with E-state index in [2.05, 4.69) is 20.8 Å². The van der Waals surface area contributed by atoms with Crippen LogP contribution >= 0.6 is 0 Å². The van der Waals surface area contributed by atoms with Crippen LogP contribution in [0.25, 0.3) is 11.0 Å². The predicted octanol–water partition coefficient (Wildman–Crippen LogP) is 1.09. The molecule has 3 rings (SSSR count). The van der Waals surface area contributed by atoms with E-state index in [0.717, 1.165) is 11.0 Å². The zero-order valence-corrected chi connectivity index (χ0v) is 11.8. The van der Waals surface area contributed by atoms with E-state index in [1.807, 2.05) is 24.3 Å². The number of fused-ring (bicyclic) bond motifs is 1. The standard InChI is InChI=1S/C15H13N5O2/c1-20-9-10(6-7-14(20)21)15(22)19-18-13-8-16-11-4-2-3-5-12(11)17-13/h2-9H,1H3,(H,17,18)(H,19,22). The lowest BCUT2D eigenvalue weighted by atomic mass is 10.3. The van der Waals surface area contributed by atoms with E-state index in [0.29, 0.717) is 11.4 Å². The summed E-state index contributed by atoms with van der Waals surface area (Å²) in [6.07, 6.45) is 2.99. The van der Waals surface area contributed by atoms with Gasteiger partial charge < -0.3 is 4.57 Å². The SMILES string of the molecule is Cn1cc(C(=O)NNc2cnc3ccccc3n2)ccc1=O. The summed E-state index contributed by atoms with van der Waals surface area (Å²) in [6.45, 7) is 0. The minimum Gasteiger partial charge on any atom is -0.318 e. The Morgan fingerprint density at radius 1 is 1.14 bits per heavy atom. The van der Waals surface area contributed by atoms with Crippen LogP contribution in [0.2, 0.25) is 0 Å². The van der Waals surface area contributed by atoms with Gasteiger partial charge in [0.15, 0.2) is 5.82 Å². The van der Waals surface area contributed by atoms with Gasteiger partial charge in [-0.25, -0.2) is 4.98 Å². The van der Waals surface area contributed by atoms with E-state index in [1.165, 1.54) is 29.1 Å². The molecule has 0 atom stereocenters. The van der Waals surface area contributed by atoms with Gasteiger partial charge in [0.1, 0.15) is 0 Å². The number of hydrogen-bond acceptors (Lipinski definition) is 5. The lowest BCUT2D eigenvalue weighted by Crippen LogP contribution is -2.31. The van der Waals surface area contributed by atoms with Crippen molar-refractivity contribution in [3.8, 4) is 0 Å². The molecular weight excluding hydrogens is 282 g/mol. The van der Waals surface area contributed by atoms with E-state index >= 15 is 0 Å². The minimum atomic E-state index is -0.370. The maximum atomic E-state index is 12.0. The molecule has 0 aliphatic rings. The fraction of sp³-hybridized carbons (Fsp3) is 0.0667. The van der Waals surface area contributed by atoms with Crippen molar-refractivity contribution in [3.63, 3.8) is 0 Å². The third-order valence-electron chi connectivity index (χ3n) is 3.10. The zero-order chi connectivity index (χ0) is 15.5. The monoisotopic (exact) mass is 295 g/mol. The number of hydrogen-bond donors (Lipinski definition) is 2. The van der Waals surface area contributed by atoms with Crippen molar-refractivity contribution in [2.75, 3.05) is 5.43 Å². The van der Waals surface area contributed by atoms with Gasteiger partial charge in [-0.05, 0) is 18.2 Å². The number of benzene rings is 1. The molecule has 3 aromatic rings. The number of pyridine rings is 1. The quantitative estimate of drug-likeness (QED) is 0.706. The molecule has 7 heteroatoms. The Labute approximate surface area is 125 Å². The highest BCUT2D eigenvalue weighted by Gasteiger charge is 2.07. The average Bonchev–Trinajstić information content (AvgIpc) is 2.55. The van der Waals surface area contributed by atoms with Gasteiger partial charge in [0.2, 0.25) is 5.56 Å². The number of carbonyl (C=O) groups excluding carboxylic acids is 1. The van der Waals surface area contributed by atoms with E-state index in [4.69, 9.17) is 0 Å². The summed E-state index contributed by atoms with van der Waals surface area (Å²) in [5, 5.41) is 0. The average molecular weight is 295 g/mol. The van der Waals surface area contributed by atoms with Crippen LogP contribution in [0.1, 0.15) is 10.4 Å². The number of para-hydroxylation sites is 2. The van der Waals surface area contributed by atoms with Gasteiger partial charge in [0.05, 0.1) is 22.8 Å². The summed E-state index contributed by atoms with van der Waals surface area (Å²) in [5.74, 6) is 0.0578. The Morgan fingerprint density at radius 3 is 2.68 bits per heavy atom. The molecule has 0 aliphatic carbocycles. The third kappa shape index (κ3) is 2.78. The normalized spacial score (nSPS) is 10.4. The second-order valence-corrected chi connectivity index (χ2v) is 4.69. The van der Waals surface area contributed by atoms with Crippen molar-refractivity contribution >= 4 is 22.8 Å². The Morgan fingerprint density at radius 2 is 1.91 bits per heavy atom. The van der Waals surface area contributed by atoms with Crippen molar-refractivity contribution in [1.29, 1.82) is 0 Å². The van der Waals surface area contributed by atoms with Crippen LogP contribution in [0.3, 0.4) is 0 Å². The van der Waals surface area contributed by atoms with Crippen molar-refractivity contribution in [3.05, 3.63) is 64.7 Å². The van der Waals surface area contributed by atoms with Crippen LogP contribution in [0, 0.1) is 0 Å². The second kappa shape index (κ2) is 5.65. The highest BCUT2D eigenvalue weighted by Crippen LogP contribution is 2.10. The molecule has 7 nitrogen and oxygen atoms in total. The second-order valence-electron chi connectivity index (χ2n) is 4.69. The first-order valence-electron chi connectivity index (χ1n) is 6.58. The van der Waals surface area contributed by atoms with Gasteiger partial charge in [0.25, 0.3) is 5.91 Å². The summed E-state index contributed by atoms with van der Waals surface area (Å²) in [7, 11) is 1.58. The number of rotatable bonds is 3. The van der Waals surface area contributed by atoms with Gasteiger partial charge in [-0.3, -0.25) is 25.4 Å². The van der Waals surface area contributed by atoms with Gasteiger partial charge in [0, 0.05) is 19.3 Å². The minimum absolute atomic E-state index is 0.176. The molecular formula is C15H13N5O2. The highest BCUT2D eigenvalue weighted by molar-refractivity contribution is 5.94. The highest BCUT2D eigenvalue weighted by atomic mass is 16.2. The molecule has 0 aliphatic heterocycles. The number of amides is 1. The Bertz CT molecular complexity index is 904. The molecule has 0 radical (unpaired) electrons. The molecule has 2 N–H and O–H groups in total. The first kappa shape index (κ1) is 13.7. The van der Waals surface area contributed by atoms with Crippen LogP contribution in [-0.2, 0) is 7.05 Å². The lowest BCUT2D eigenvalue weighted by Gasteiger charge is -2.08. The van der Waals surface area contributed by atoms with Crippen molar-refractivity contribution < 1.29 is 4.79 Å². The van der Waals surface area contributed by atoms with E-state index < -0.39 is 0 Å². The smallest absolute Gasteiger partial charge is 0.271 e. The largest absolute Gasteiger partial charge is 0.318 e. The summed E-state index contributed by atoms with van der Waals surface area (Å²) < 4.78 is 1.34. The van der Waals surface area contributed by atoms with Gasteiger partial charge >= 0.3 is 0 Å². The van der Waals surface area contributed by atoms with Crippen LogP contribution < -0.4 is 16.4 Å². The number of anilines is 1. The maximum absolute atomic E-state index is 12.0.